The Labute approximate surface area is 113 Å². The molecule has 0 bridgehead atoms. The van der Waals surface area contributed by atoms with Gasteiger partial charge in [-0.05, 0) is 59.0 Å². The number of hydrogen-bond donors (Lipinski definition) is 2. The van der Waals surface area contributed by atoms with Crippen LogP contribution in [0.1, 0.15) is 5.69 Å². The molecule has 17 heavy (non-hydrogen) atoms. The molecular formula is C12H12IN3O. The number of ether oxygens (including phenoxy) is 1. The fourth-order valence-corrected chi connectivity index (χ4v) is 1.69. The van der Waals surface area contributed by atoms with Crippen LogP contribution in [-0.2, 0) is 6.61 Å². The number of anilines is 1. The fourth-order valence-electron chi connectivity index (χ4n) is 1.33. The summed E-state index contributed by atoms with van der Waals surface area (Å²) < 4.78 is 6.79. The Morgan fingerprint density at radius 3 is 2.65 bits per heavy atom. The van der Waals surface area contributed by atoms with Gasteiger partial charge in [0.2, 0.25) is 0 Å². The molecule has 2 rings (SSSR count). The van der Waals surface area contributed by atoms with Crippen molar-refractivity contribution in [3.63, 3.8) is 0 Å². The largest absolute Gasteiger partial charge is 0.487 e. The lowest BCUT2D eigenvalue weighted by Crippen LogP contribution is -2.09. The Morgan fingerprint density at radius 1 is 1.18 bits per heavy atom. The van der Waals surface area contributed by atoms with Crippen molar-refractivity contribution in [2.24, 2.45) is 5.84 Å². The van der Waals surface area contributed by atoms with Gasteiger partial charge in [-0.1, -0.05) is 6.07 Å². The third-order valence-corrected chi connectivity index (χ3v) is 2.87. The van der Waals surface area contributed by atoms with E-state index in [1.807, 2.05) is 36.4 Å². The number of nitrogens with zero attached hydrogens (tertiary/aromatic N) is 1. The zero-order chi connectivity index (χ0) is 12.1. The molecule has 0 aliphatic carbocycles. The summed E-state index contributed by atoms with van der Waals surface area (Å²) in [5.74, 6) is 6.75. The summed E-state index contributed by atoms with van der Waals surface area (Å²) >= 11 is 2.26. The second-order valence-electron chi connectivity index (χ2n) is 3.40. The molecule has 0 atom stereocenters. The molecule has 1 aromatic carbocycles. The minimum absolute atomic E-state index is 0.427. The van der Waals surface area contributed by atoms with E-state index in [-0.39, 0.29) is 0 Å². The van der Waals surface area contributed by atoms with Crippen LogP contribution in [-0.4, -0.2) is 4.98 Å². The predicted octanol–water partition coefficient (Wildman–Crippen LogP) is 2.55. The molecule has 0 aliphatic heterocycles. The first kappa shape index (κ1) is 12.1. The minimum atomic E-state index is 0.427. The Kier molecular flexibility index (Phi) is 4.16. The van der Waals surface area contributed by atoms with Crippen LogP contribution in [0.5, 0.6) is 5.75 Å². The maximum absolute atomic E-state index is 5.61. The van der Waals surface area contributed by atoms with Crippen LogP contribution in [0, 0.1) is 3.57 Å². The normalized spacial score (nSPS) is 10.0. The molecule has 0 fully saturated rings. The standard InChI is InChI=1S/C12H12IN3O/c13-9-4-6-11(7-5-9)17-8-10-2-1-3-12(15-10)16-14/h1-7H,8,14H2,(H,15,16). The quantitative estimate of drug-likeness (QED) is 0.510. The van der Waals surface area contributed by atoms with Crippen molar-refractivity contribution in [2.75, 3.05) is 5.43 Å². The van der Waals surface area contributed by atoms with E-state index < -0.39 is 0 Å². The van der Waals surface area contributed by atoms with E-state index in [1.54, 1.807) is 6.07 Å². The molecular weight excluding hydrogens is 329 g/mol. The Hall–Kier alpha value is -1.34. The van der Waals surface area contributed by atoms with Crippen LogP contribution in [0.15, 0.2) is 42.5 Å². The van der Waals surface area contributed by atoms with Gasteiger partial charge in [0.25, 0.3) is 0 Å². The second kappa shape index (κ2) is 5.83. The average Bonchev–Trinajstić information content (AvgIpc) is 2.38. The van der Waals surface area contributed by atoms with Crippen LogP contribution in [0.25, 0.3) is 0 Å². The van der Waals surface area contributed by atoms with E-state index in [2.05, 4.69) is 33.0 Å². The molecule has 1 heterocycles. The van der Waals surface area contributed by atoms with Crippen molar-refractivity contribution < 1.29 is 4.74 Å². The lowest BCUT2D eigenvalue weighted by atomic mass is 10.3. The first-order chi connectivity index (χ1) is 8.28. The monoisotopic (exact) mass is 341 g/mol. The molecule has 0 saturated carbocycles. The number of hydrazine groups is 1. The summed E-state index contributed by atoms with van der Waals surface area (Å²) in [7, 11) is 0. The van der Waals surface area contributed by atoms with E-state index in [4.69, 9.17) is 10.6 Å². The fraction of sp³-hybridized carbons (Fsp3) is 0.0833. The molecule has 4 nitrogen and oxygen atoms in total. The van der Waals surface area contributed by atoms with Crippen molar-refractivity contribution >= 4 is 28.4 Å². The zero-order valence-electron chi connectivity index (χ0n) is 9.06. The molecule has 3 N–H and O–H groups in total. The van der Waals surface area contributed by atoms with Crippen molar-refractivity contribution in [2.45, 2.75) is 6.61 Å². The van der Waals surface area contributed by atoms with E-state index in [0.29, 0.717) is 12.4 Å². The van der Waals surface area contributed by atoms with Gasteiger partial charge >= 0.3 is 0 Å². The molecule has 0 unspecified atom stereocenters. The van der Waals surface area contributed by atoms with E-state index in [1.165, 1.54) is 3.57 Å². The minimum Gasteiger partial charge on any atom is -0.487 e. The Morgan fingerprint density at radius 2 is 1.94 bits per heavy atom. The van der Waals surface area contributed by atoms with Gasteiger partial charge in [0, 0.05) is 3.57 Å². The molecule has 5 heteroatoms. The number of benzene rings is 1. The van der Waals surface area contributed by atoms with Gasteiger partial charge < -0.3 is 10.2 Å². The van der Waals surface area contributed by atoms with Crippen molar-refractivity contribution in [3.8, 4) is 5.75 Å². The summed E-state index contributed by atoms with van der Waals surface area (Å²) in [6.07, 6.45) is 0. The summed E-state index contributed by atoms with van der Waals surface area (Å²) in [5, 5.41) is 0. The SMILES string of the molecule is NNc1cccc(COc2ccc(I)cc2)n1. The van der Waals surface area contributed by atoms with Gasteiger partial charge in [-0.3, -0.25) is 0 Å². The molecule has 2 aromatic rings. The Balaban J connectivity index is 1.99. The van der Waals surface area contributed by atoms with Crippen LogP contribution in [0.3, 0.4) is 0 Å². The molecule has 0 aliphatic rings. The number of rotatable bonds is 4. The smallest absolute Gasteiger partial charge is 0.140 e. The highest BCUT2D eigenvalue weighted by Gasteiger charge is 1.98. The van der Waals surface area contributed by atoms with Gasteiger partial charge in [-0.2, -0.15) is 0 Å². The van der Waals surface area contributed by atoms with Crippen molar-refractivity contribution in [3.05, 3.63) is 51.7 Å². The average molecular weight is 341 g/mol. The number of nitrogens with two attached hydrogens (primary N) is 1. The molecule has 88 valence electrons. The molecule has 0 spiro atoms. The van der Waals surface area contributed by atoms with Gasteiger partial charge in [0.05, 0.1) is 5.69 Å². The zero-order valence-corrected chi connectivity index (χ0v) is 11.2. The van der Waals surface area contributed by atoms with Gasteiger partial charge in [0.1, 0.15) is 18.2 Å². The van der Waals surface area contributed by atoms with Crippen LogP contribution >= 0.6 is 22.6 Å². The van der Waals surface area contributed by atoms with Gasteiger partial charge in [0.15, 0.2) is 0 Å². The molecule has 0 saturated heterocycles. The number of pyridine rings is 1. The summed E-state index contributed by atoms with van der Waals surface area (Å²) in [6.45, 7) is 0.427. The number of hydrogen-bond acceptors (Lipinski definition) is 4. The molecule has 0 radical (unpaired) electrons. The van der Waals surface area contributed by atoms with Crippen LogP contribution in [0.2, 0.25) is 0 Å². The summed E-state index contributed by atoms with van der Waals surface area (Å²) in [4.78, 5) is 4.26. The first-order valence-electron chi connectivity index (χ1n) is 5.09. The number of nitrogen functional groups attached to an aromatic ring is 1. The lowest BCUT2D eigenvalue weighted by Gasteiger charge is -2.06. The summed E-state index contributed by atoms with van der Waals surface area (Å²) in [5.41, 5.74) is 3.34. The van der Waals surface area contributed by atoms with E-state index >= 15 is 0 Å². The number of halogens is 1. The maximum atomic E-state index is 5.61. The summed E-state index contributed by atoms with van der Waals surface area (Å²) in [6, 6.07) is 13.5. The van der Waals surface area contributed by atoms with Gasteiger partial charge in [-0.15, -0.1) is 0 Å². The molecule has 1 aromatic heterocycles. The third kappa shape index (κ3) is 3.57. The third-order valence-electron chi connectivity index (χ3n) is 2.16. The molecule has 0 amide bonds. The van der Waals surface area contributed by atoms with Gasteiger partial charge in [-0.25, -0.2) is 10.8 Å². The number of aromatic nitrogens is 1. The van der Waals surface area contributed by atoms with Crippen molar-refractivity contribution in [1.29, 1.82) is 0 Å². The second-order valence-corrected chi connectivity index (χ2v) is 4.65. The van der Waals surface area contributed by atoms with Crippen LogP contribution in [0.4, 0.5) is 5.82 Å². The highest BCUT2D eigenvalue weighted by atomic mass is 127. The first-order valence-corrected chi connectivity index (χ1v) is 6.17. The highest BCUT2D eigenvalue weighted by molar-refractivity contribution is 14.1. The Bertz CT molecular complexity index is 487. The highest BCUT2D eigenvalue weighted by Crippen LogP contribution is 2.15. The predicted molar refractivity (Wildman–Crippen MR) is 75.5 cm³/mol. The maximum Gasteiger partial charge on any atom is 0.140 e. The van der Waals surface area contributed by atoms with E-state index in [0.717, 1.165) is 11.4 Å². The lowest BCUT2D eigenvalue weighted by molar-refractivity contribution is 0.301. The topological polar surface area (TPSA) is 60.2 Å². The van der Waals surface area contributed by atoms with Crippen LogP contribution < -0.4 is 16.0 Å². The number of nitrogens with one attached hydrogen (secondary N) is 1. The van der Waals surface area contributed by atoms with Crippen molar-refractivity contribution in [1.82, 2.24) is 4.98 Å². The van der Waals surface area contributed by atoms with E-state index in [9.17, 15) is 0 Å².